The number of hydrogen-bond donors (Lipinski definition) is 2. The van der Waals surface area contributed by atoms with Gasteiger partial charge in [-0.25, -0.2) is 0 Å². The molecule has 5 heteroatoms. The molecule has 0 radical (unpaired) electrons. The van der Waals surface area contributed by atoms with Crippen molar-refractivity contribution in [1.29, 1.82) is 0 Å². The minimum atomic E-state index is 0.624. The number of nitrogens with one attached hydrogen (secondary N) is 2. The third-order valence-corrected chi connectivity index (χ3v) is 3.97. The Balaban J connectivity index is 1.88. The molecule has 2 rings (SSSR count). The predicted octanol–water partition coefficient (Wildman–Crippen LogP) is 2.76. The van der Waals surface area contributed by atoms with Gasteiger partial charge < -0.3 is 15.4 Å². The van der Waals surface area contributed by atoms with Crippen LogP contribution >= 0.6 is 11.3 Å². The Labute approximate surface area is 129 Å². The number of benzene rings is 1. The maximum Gasteiger partial charge on any atom is 0.191 e. The van der Waals surface area contributed by atoms with Crippen molar-refractivity contribution in [3.05, 3.63) is 57.8 Å². The number of guanidine groups is 1. The fraction of sp³-hybridized carbons (Fsp3) is 0.312. The second-order valence-electron chi connectivity index (χ2n) is 4.56. The fourth-order valence-electron chi connectivity index (χ4n) is 2.01. The van der Waals surface area contributed by atoms with E-state index >= 15 is 0 Å². The van der Waals surface area contributed by atoms with Crippen molar-refractivity contribution < 1.29 is 4.74 Å². The monoisotopic (exact) mass is 303 g/mol. The van der Waals surface area contributed by atoms with Crippen molar-refractivity contribution >= 4 is 17.3 Å². The van der Waals surface area contributed by atoms with E-state index in [9.17, 15) is 0 Å². The van der Waals surface area contributed by atoms with E-state index in [0.717, 1.165) is 19.0 Å². The topological polar surface area (TPSA) is 45.7 Å². The van der Waals surface area contributed by atoms with Crippen molar-refractivity contribution in [3.63, 3.8) is 0 Å². The van der Waals surface area contributed by atoms with E-state index in [1.165, 1.54) is 16.0 Å². The first-order valence-electron chi connectivity index (χ1n) is 6.86. The van der Waals surface area contributed by atoms with Gasteiger partial charge in [0.15, 0.2) is 5.96 Å². The maximum absolute atomic E-state index is 5.23. The van der Waals surface area contributed by atoms with Gasteiger partial charge in [0, 0.05) is 25.6 Å². The minimum absolute atomic E-state index is 0.624. The highest BCUT2D eigenvalue weighted by Gasteiger charge is 2.03. The summed E-state index contributed by atoms with van der Waals surface area (Å²) in [7, 11) is 3.50. The molecule has 0 saturated carbocycles. The smallest absolute Gasteiger partial charge is 0.191 e. The third-order valence-electron chi connectivity index (χ3n) is 3.10. The summed E-state index contributed by atoms with van der Waals surface area (Å²) in [5, 5.41) is 8.72. The van der Waals surface area contributed by atoms with Crippen LogP contribution in [0.5, 0.6) is 0 Å². The Kier molecular flexibility index (Phi) is 6.24. The summed E-state index contributed by atoms with van der Waals surface area (Å²) in [4.78, 5) is 5.54. The standard InChI is InChI=1S/C16H21N3OS/c1-17-16(19-11-15-8-5-9-21-15)18-10-13-6-3-4-7-14(13)12-20-2/h3-9H,10-12H2,1-2H3,(H2,17,18,19). The van der Waals surface area contributed by atoms with Crippen LogP contribution < -0.4 is 10.6 Å². The molecule has 4 nitrogen and oxygen atoms in total. The lowest BCUT2D eigenvalue weighted by Gasteiger charge is -2.13. The second kappa shape index (κ2) is 8.44. The predicted molar refractivity (Wildman–Crippen MR) is 88.5 cm³/mol. The lowest BCUT2D eigenvalue weighted by molar-refractivity contribution is 0.184. The summed E-state index contributed by atoms with van der Waals surface area (Å²) in [5.41, 5.74) is 2.42. The molecule has 2 N–H and O–H groups in total. The Hall–Kier alpha value is -1.85. The van der Waals surface area contributed by atoms with Crippen molar-refractivity contribution in [2.75, 3.05) is 14.2 Å². The molecule has 1 aromatic carbocycles. The van der Waals surface area contributed by atoms with Crippen LogP contribution in [0.25, 0.3) is 0 Å². The van der Waals surface area contributed by atoms with Gasteiger partial charge in [-0.2, -0.15) is 0 Å². The zero-order chi connectivity index (χ0) is 14.9. The lowest BCUT2D eigenvalue weighted by atomic mass is 10.1. The number of hydrogen-bond acceptors (Lipinski definition) is 3. The van der Waals surface area contributed by atoms with Gasteiger partial charge in [0.2, 0.25) is 0 Å². The molecule has 1 heterocycles. The zero-order valence-corrected chi connectivity index (χ0v) is 13.2. The number of rotatable bonds is 6. The number of thiophene rings is 1. The molecule has 0 saturated heterocycles. The highest BCUT2D eigenvalue weighted by molar-refractivity contribution is 7.09. The van der Waals surface area contributed by atoms with Crippen molar-refractivity contribution in [1.82, 2.24) is 10.6 Å². The summed E-state index contributed by atoms with van der Waals surface area (Å²) in [6.07, 6.45) is 0. The number of methoxy groups -OCH3 is 1. The Bertz CT molecular complexity index is 567. The van der Waals surface area contributed by atoms with Crippen LogP contribution in [0.3, 0.4) is 0 Å². The molecule has 0 aliphatic rings. The maximum atomic E-state index is 5.23. The van der Waals surface area contributed by atoms with E-state index in [2.05, 4.69) is 45.3 Å². The molecule has 21 heavy (non-hydrogen) atoms. The van der Waals surface area contributed by atoms with Crippen LogP contribution in [0.2, 0.25) is 0 Å². The van der Waals surface area contributed by atoms with Crippen LogP contribution in [0.1, 0.15) is 16.0 Å². The first-order chi connectivity index (χ1) is 10.3. The summed E-state index contributed by atoms with van der Waals surface area (Å²) < 4.78 is 5.23. The summed E-state index contributed by atoms with van der Waals surface area (Å²) >= 11 is 1.74. The van der Waals surface area contributed by atoms with E-state index in [1.807, 2.05) is 12.1 Å². The second-order valence-corrected chi connectivity index (χ2v) is 5.59. The van der Waals surface area contributed by atoms with Crippen LogP contribution in [0.15, 0.2) is 46.8 Å². The van der Waals surface area contributed by atoms with E-state index < -0.39 is 0 Å². The van der Waals surface area contributed by atoms with Gasteiger partial charge >= 0.3 is 0 Å². The average Bonchev–Trinajstić information content (AvgIpc) is 3.02. The lowest BCUT2D eigenvalue weighted by Crippen LogP contribution is -2.36. The van der Waals surface area contributed by atoms with Crippen LogP contribution in [-0.4, -0.2) is 20.1 Å². The van der Waals surface area contributed by atoms with Crippen molar-refractivity contribution in [2.45, 2.75) is 19.7 Å². The number of ether oxygens (including phenoxy) is 1. The van der Waals surface area contributed by atoms with Crippen molar-refractivity contribution in [2.24, 2.45) is 4.99 Å². The van der Waals surface area contributed by atoms with Gasteiger partial charge in [-0.1, -0.05) is 30.3 Å². The van der Waals surface area contributed by atoms with Crippen LogP contribution in [0, 0.1) is 0 Å². The molecule has 0 aliphatic heterocycles. The molecule has 1 aromatic heterocycles. The molecule has 2 aromatic rings. The highest BCUT2D eigenvalue weighted by Crippen LogP contribution is 2.10. The molecule has 0 aliphatic carbocycles. The zero-order valence-electron chi connectivity index (χ0n) is 12.4. The van der Waals surface area contributed by atoms with E-state index in [0.29, 0.717) is 6.61 Å². The Morgan fingerprint density at radius 2 is 1.86 bits per heavy atom. The first-order valence-corrected chi connectivity index (χ1v) is 7.74. The quantitative estimate of drug-likeness (QED) is 0.637. The largest absolute Gasteiger partial charge is 0.380 e. The van der Waals surface area contributed by atoms with Crippen LogP contribution in [0.4, 0.5) is 0 Å². The summed E-state index contributed by atoms with van der Waals surface area (Å²) in [6, 6.07) is 12.4. The summed E-state index contributed by atoms with van der Waals surface area (Å²) in [5.74, 6) is 0.801. The molecular weight excluding hydrogens is 282 g/mol. The first kappa shape index (κ1) is 15.5. The summed E-state index contributed by atoms with van der Waals surface area (Å²) in [6.45, 7) is 2.14. The van der Waals surface area contributed by atoms with Gasteiger partial charge in [0.25, 0.3) is 0 Å². The van der Waals surface area contributed by atoms with Gasteiger partial charge in [0.1, 0.15) is 0 Å². The molecule has 112 valence electrons. The van der Waals surface area contributed by atoms with E-state index in [-0.39, 0.29) is 0 Å². The normalized spacial score (nSPS) is 11.4. The van der Waals surface area contributed by atoms with E-state index in [4.69, 9.17) is 4.74 Å². The number of aliphatic imine (C=N–C) groups is 1. The van der Waals surface area contributed by atoms with Crippen molar-refractivity contribution in [3.8, 4) is 0 Å². The Morgan fingerprint density at radius 3 is 2.52 bits per heavy atom. The average molecular weight is 303 g/mol. The molecule has 0 bridgehead atoms. The molecule has 0 amide bonds. The molecule has 0 fully saturated rings. The van der Waals surface area contributed by atoms with Gasteiger partial charge in [-0.15, -0.1) is 11.3 Å². The number of nitrogens with zero attached hydrogens (tertiary/aromatic N) is 1. The molecule has 0 atom stereocenters. The minimum Gasteiger partial charge on any atom is -0.380 e. The SMILES string of the molecule is CN=C(NCc1cccs1)NCc1ccccc1COC. The Morgan fingerprint density at radius 1 is 1.10 bits per heavy atom. The molecule has 0 unspecified atom stereocenters. The fourth-order valence-corrected chi connectivity index (χ4v) is 2.65. The van der Waals surface area contributed by atoms with Gasteiger partial charge in [-0.3, -0.25) is 4.99 Å². The highest BCUT2D eigenvalue weighted by atomic mass is 32.1. The van der Waals surface area contributed by atoms with E-state index in [1.54, 1.807) is 25.5 Å². The molecule has 0 spiro atoms. The molecular formula is C16H21N3OS. The van der Waals surface area contributed by atoms with Gasteiger partial charge in [-0.05, 0) is 22.6 Å². The van der Waals surface area contributed by atoms with Crippen LogP contribution in [-0.2, 0) is 24.4 Å². The third kappa shape index (κ3) is 4.88. The van der Waals surface area contributed by atoms with Gasteiger partial charge in [0.05, 0.1) is 13.2 Å².